The van der Waals surface area contributed by atoms with Gasteiger partial charge in [-0.3, -0.25) is 9.59 Å². The zero-order valence-corrected chi connectivity index (χ0v) is 13.3. The third-order valence-corrected chi connectivity index (χ3v) is 3.51. The number of hydrogen-bond acceptors (Lipinski definition) is 2. The molecule has 4 nitrogen and oxygen atoms in total. The van der Waals surface area contributed by atoms with Crippen LogP contribution >= 0.6 is 0 Å². The zero-order valence-electron chi connectivity index (χ0n) is 13.3. The summed E-state index contributed by atoms with van der Waals surface area (Å²) in [5.74, 6) is -1.05. The van der Waals surface area contributed by atoms with E-state index in [1.54, 1.807) is 18.7 Å². The maximum atomic E-state index is 12.4. The van der Waals surface area contributed by atoms with Crippen LogP contribution in [0.4, 0.5) is 0 Å². The van der Waals surface area contributed by atoms with Crippen LogP contribution in [-0.2, 0) is 16.1 Å². The van der Waals surface area contributed by atoms with E-state index >= 15 is 0 Å². The molecule has 1 aromatic carbocycles. The summed E-state index contributed by atoms with van der Waals surface area (Å²) in [4.78, 5) is 25.3. The monoisotopic (exact) mass is 291 g/mol. The Morgan fingerprint density at radius 2 is 1.76 bits per heavy atom. The van der Waals surface area contributed by atoms with E-state index < -0.39 is 11.4 Å². The number of carboxylic acids is 1. The SMILES string of the molecule is CCCN(Cc1ccc(C)cc1)C(=O)CC(C)(C)C(=O)O. The number of aryl methyl sites for hydroxylation is 1. The number of carbonyl (C=O) groups excluding carboxylic acids is 1. The Balaban J connectivity index is 2.78. The minimum atomic E-state index is -1.03. The second kappa shape index (κ2) is 7.25. The van der Waals surface area contributed by atoms with Crippen molar-refractivity contribution < 1.29 is 14.7 Å². The van der Waals surface area contributed by atoms with Gasteiger partial charge in [-0.1, -0.05) is 36.8 Å². The quantitative estimate of drug-likeness (QED) is 0.839. The van der Waals surface area contributed by atoms with Crippen molar-refractivity contribution in [3.63, 3.8) is 0 Å². The molecule has 1 aromatic rings. The van der Waals surface area contributed by atoms with Crippen LogP contribution in [0, 0.1) is 12.3 Å². The number of nitrogens with zero attached hydrogens (tertiary/aromatic N) is 1. The highest BCUT2D eigenvalue weighted by Crippen LogP contribution is 2.22. The molecular formula is C17H25NO3. The highest BCUT2D eigenvalue weighted by molar-refractivity contribution is 5.84. The van der Waals surface area contributed by atoms with Crippen molar-refractivity contribution >= 4 is 11.9 Å². The van der Waals surface area contributed by atoms with Crippen molar-refractivity contribution in [3.8, 4) is 0 Å². The number of aliphatic carboxylic acids is 1. The molecule has 0 saturated heterocycles. The standard InChI is InChI=1S/C17H25NO3/c1-5-10-18(12-14-8-6-13(2)7-9-14)15(19)11-17(3,4)16(20)21/h6-9H,5,10-12H2,1-4H3,(H,20,21). The average Bonchev–Trinajstić information content (AvgIpc) is 2.40. The first-order chi connectivity index (χ1) is 9.76. The number of hydrogen-bond donors (Lipinski definition) is 1. The Kier molecular flexibility index (Phi) is 5.94. The molecule has 0 saturated carbocycles. The smallest absolute Gasteiger partial charge is 0.309 e. The van der Waals surface area contributed by atoms with E-state index in [1.165, 1.54) is 5.56 Å². The largest absolute Gasteiger partial charge is 0.481 e. The summed E-state index contributed by atoms with van der Waals surface area (Å²) < 4.78 is 0. The predicted molar refractivity (Wildman–Crippen MR) is 82.9 cm³/mol. The summed E-state index contributed by atoms with van der Waals surface area (Å²) in [7, 11) is 0. The summed E-state index contributed by atoms with van der Waals surface area (Å²) in [6.45, 7) is 8.38. The van der Waals surface area contributed by atoms with E-state index in [2.05, 4.69) is 0 Å². The van der Waals surface area contributed by atoms with Gasteiger partial charge in [0.2, 0.25) is 5.91 Å². The fourth-order valence-corrected chi connectivity index (χ4v) is 2.04. The van der Waals surface area contributed by atoms with Gasteiger partial charge in [0.25, 0.3) is 0 Å². The topological polar surface area (TPSA) is 57.6 Å². The number of rotatable bonds is 7. The van der Waals surface area contributed by atoms with Crippen molar-refractivity contribution in [2.75, 3.05) is 6.54 Å². The van der Waals surface area contributed by atoms with E-state index in [4.69, 9.17) is 5.11 Å². The van der Waals surface area contributed by atoms with Gasteiger partial charge in [0.1, 0.15) is 0 Å². The molecule has 4 heteroatoms. The van der Waals surface area contributed by atoms with Gasteiger partial charge < -0.3 is 10.0 Å². The fourth-order valence-electron chi connectivity index (χ4n) is 2.04. The molecule has 0 heterocycles. The lowest BCUT2D eigenvalue weighted by atomic mass is 9.89. The second-order valence-electron chi connectivity index (χ2n) is 6.17. The van der Waals surface area contributed by atoms with E-state index in [1.807, 2.05) is 38.1 Å². The van der Waals surface area contributed by atoms with Gasteiger partial charge in [0, 0.05) is 19.5 Å². The molecule has 0 atom stereocenters. The first-order valence-electron chi connectivity index (χ1n) is 7.33. The van der Waals surface area contributed by atoms with Gasteiger partial charge in [-0.2, -0.15) is 0 Å². The molecule has 0 bridgehead atoms. The molecule has 21 heavy (non-hydrogen) atoms. The zero-order chi connectivity index (χ0) is 16.0. The Bertz CT molecular complexity index is 491. The van der Waals surface area contributed by atoms with Gasteiger partial charge in [0.05, 0.1) is 5.41 Å². The molecule has 116 valence electrons. The molecule has 0 aliphatic rings. The van der Waals surface area contributed by atoms with Gasteiger partial charge in [-0.15, -0.1) is 0 Å². The lowest BCUT2D eigenvalue weighted by Crippen LogP contribution is -2.37. The van der Waals surface area contributed by atoms with Crippen LogP contribution in [0.5, 0.6) is 0 Å². The normalized spacial score (nSPS) is 11.2. The van der Waals surface area contributed by atoms with Crippen molar-refractivity contribution in [1.82, 2.24) is 4.90 Å². The van der Waals surface area contributed by atoms with Crippen molar-refractivity contribution in [2.24, 2.45) is 5.41 Å². The molecule has 0 aromatic heterocycles. The van der Waals surface area contributed by atoms with Crippen LogP contribution < -0.4 is 0 Å². The van der Waals surface area contributed by atoms with Gasteiger partial charge in [-0.25, -0.2) is 0 Å². The van der Waals surface area contributed by atoms with Crippen LogP contribution in [0.2, 0.25) is 0 Å². The average molecular weight is 291 g/mol. The second-order valence-corrected chi connectivity index (χ2v) is 6.17. The van der Waals surface area contributed by atoms with E-state index in [0.717, 1.165) is 12.0 Å². The van der Waals surface area contributed by atoms with Crippen molar-refractivity contribution in [1.29, 1.82) is 0 Å². The van der Waals surface area contributed by atoms with Gasteiger partial charge in [0.15, 0.2) is 0 Å². The van der Waals surface area contributed by atoms with Crippen LogP contribution in [-0.4, -0.2) is 28.4 Å². The molecule has 0 aliphatic heterocycles. The minimum absolute atomic E-state index is 0.0220. The van der Waals surface area contributed by atoms with E-state index in [-0.39, 0.29) is 12.3 Å². The fraction of sp³-hybridized carbons (Fsp3) is 0.529. The number of benzene rings is 1. The maximum Gasteiger partial charge on any atom is 0.309 e. The summed E-state index contributed by atoms with van der Waals surface area (Å²) in [5, 5.41) is 9.15. The lowest BCUT2D eigenvalue weighted by molar-refractivity contribution is -0.151. The lowest BCUT2D eigenvalue weighted by Gasteiger charge is -2.26. The first kappa shape index (κ1) is 17.2. The van der Waals surface area contributed by atoms with Crippen LogP contribution in [0.3, 0.4) is 0 Å². The number of carboxylic acid groups (broad SMARTS) is 1. The maximum absolute atomic E-state index is 12.4. The Morgan fingerprint density at radius 3 is 2.24 bits per heavy atom. The van der Waals surface area contributed by atoms with Crippen molar-refractivity contribution in [3.05, 3.63) is 35.4 Å². The van der Waals surface area contributed by atoms with E-state index in [0.29, 0.717) is 13.1 Å². The van der Waals surface area contributed by atoms with Crippen molar-refractivity contribution in [2.45, 2.75) is 47.1 Å². The third-order valence-electron chi connectivity index (χ3n) is 3.51. The molecule has 0 radical (unpaired) electrons. The van der Waals surface area contributed by atoms with E-state index in [9.17, 15) is 9.59 Å². The first-order valence-corrected chi connectivity index (χ1v) is 7.33. The highest BCUT2D eigenvalue weighted by Gasteiger charge is 2.31. The molecular weight excluding hydrogens is 266 g/mol. The Labute approximate surface area is 126 Å². The Hall–Kier alpha value is -1.84. The number of carbonyl (C=O) groups is 2. The molecule has 0 aliphatic carbocycles. The van der Waals surface area contributed by atoms with Crippen LogP contribution in [0.1, 0.15) is 44.7 Å². The molecule has 1 N–H and O–H groups in total. The predicted octanol–water partition coefficient (Wildman–Crippen LogP) is 3.23. The minimum Gasteiger partial charge on any atom is -0.481 e. The third kappa shape index (κ3) is 5.21. The summed E-state index contributed by atoms with van der Waals surface area (Å²) in [6, 6.07) is 8.05. The molecule has 0 unspecified atom stereocenters. The van der Waals surface area contributed by atoms with Crippen LogP contribution in [0.25, 0.3) is 0 Å². The van der Waals surface area contributed by atoms with Crippen LogP contribution in [0.15, 0.2) is 24.3 Å². The number of amides is 1. The molecule has 1 amide bonds. The summed E-state index contributed by atoms with van der Waals surface area (Å²) >= 11 is 0. The summed E-state index contributed by atoms with van der Waals surface area (Å²) in [5.41, 5.74) is 1.21. The Morgan fingerprint density at radius 1 is 1.19 bits per heavy atom. The molecule has 0 spiro atoms. The molecule has 0 fully saturated rings. The van der Waals surface area contributed by atoms with Gasteiger partial charge in [-0.05, 0) is 32.8 Å². The summed E-state index contributed by atoms with van der Waals surface area (Å²) in [6.07, 6.45) is 0.874. The molecule has 1 rings (SSSR count). The highest BCUT2D eigenvalue weighted by atomic mass is 16.4. The van der Waals surface area contributed by atoms with Gasteiger partial charge >= 0.3 is 5.97 Å².